The predicted molar refractivity (Wildman–Crippen MR) is 97.7 cm³/mol. The summed E-state index contributed by atoms with van der Waals surface area (Å²) in [5.41, 5.74) is 0.645. The molecular weight excluding hydrogens is 340 g/mol. The molecule has 25 heavy (non-hydrogen) atoms. The Hall–Kier alpha value is -2.19. The molecule has 134 valence electrons. The maximum Gasteiger partial charge on any atom is 0.262 e. The fourth-order valence-corrected chi connectivity index (χ4v) is 3.41. The molecule has 0 bridgehead atoms. The van der Waals surface area contributed by atoms with Gasteiger partial charge in [-0.1, -0.05) is 31.4 Å². The number of halogens is 1. The van der Waals surface area contributed by atoms with Crippen molar-refractivity contribution in [3.05, 3.63) is 28.3 Å². The van der Waals surface area contributed by atoms with Gasteiger partial charge in [-0.2, -0.15) is 5.26 Å². The zero-order valence-electron chi connectivity index (χ0n) is 14.8. The Labute approximate surface area is 153 Å². The number of nitrogens with one attached hydrogen (secondary N) is 1. The van der Waals surface area contributed by atoms with E-state index in [1.807, 2.05) is 6.07 Å². The largest absolute Gasteiger partial charge is 0.493 e. The van der Waals surface area contributed by atoms with Crippen LogP contribution in [0.5, 0.6) is 11.5 Å². The fourth-order valence-electron chi connectivity index (χ4n) is 3.11. The number of methoxy groups -OCH3 is 2. The van der Waals surface area contributed by atoms with Gasteiger partial charge in [-0.05, 0) is 42.5 Å². The van der Waals surface area contributed by atoms with Gasteiger partial charge < -0.3 is 14.8 Å². The molecule has 1 aromatic carbocycles. The normalized spacial score (nSPS) is 20.5. The van der Waals surface area contributed by atoms with Gasteiger partial charge in [0.25, 0.3) is 5.91 Å². The minimum absolute atomic E-state index is 0.0426. The lowest BCUT2D eigenvalue weighted by Gasteiger charge is -2.29. The summed E-state index contributed by atoms with van der Waals surface area (Å²) in [6.45, 7) is 2.13. The standard InChI is InChI=1S/C19H23ClN2O3/c1-12-6-4-5-7-16(12)22-19(23)14(11-21)8-13-9-15(20)18(25-3)17(10-13)24-2/h8-10,12,16H,4-7H2,1-3H3,(H,22,23)/b14-8+/t12-,16-/m1/s1. The van der Waals surface area contributed by atoms with E-state index in [0.29, 0.717) is 28.0 Å². The van der Waals surface area contributed by atoms with Crippen molar-refractivity contribution in [1.82, 2.24) is 5.32 Å². The third-order valence-electron chi connectivity index (χ3n) is 4.56. The van der Waals surface area contributed by atoms with E-state index in [1.165, 1.54) is 26.7 Å². The second-order valence-corrected chi connectivity index (χ2v) is 6.66. The number of hydrogen-bond acceptors (Lipinski definition) is 4. The van der Waals surface area contributed by atoms with Crippen molar-refractivity contribution in [3.8, 4) is 17.6 Å². The van der Waals surface area contributed by atoms with Crippen LogP contribution in [0.25, 0.3) is 6.08 Å². The molecule has 1 N–H and O–H groups in total. The molecule has 0 aliphatic heterocycles. The second-order valence-electron chi connectivity index (χ2n) is 6.25. The molecule has 1 aromatic rings. The molecule has 1 aliphatic rings. The lowest BCUT2D eigenvalue weighted by Crippen LogP contribution is -2.41. The van der Waals surface area contributed by atoms with Crippen LogP contribution < -0.4 is 14.8 Å². The van der Waals surface area contributed by atoms with E-state index in [4.69, 9.17) is 21.1 Å². The lowest BCUT2D eigenvalue weighted by atomic mass is 9.86. The van der Waals surface area contributed by atoms with Crippen LogP contribution in [-0.2, 0) is 4.79 Å². The Balaban J connectivity index is 2.23. The van der Waals surface area contributed by atoms with E-state index >= 15 is 0 Å². The van der Waals surface area contributed by atoms with Crippen molar-refractivity contribution < 1.29 is 14.3 Å². The van der Waals surface area contributed by atoms with Gasteiger partial charge in [0, 0.05) is 6.04 Å². The van der Waals surface area contributed by atoms with Crippen LogP contribution in [0.2, 0.25) is 5.02 Å². The Bertz CT molecular complexity index is 709. The number of hydrogen-bond donors (Lipinski definition) is 1. The molecule has 0 heterocycles. The highest BCUT2D eigenvalue weighted by Gasteiger charge is 2.24. The fraction of sp³-hybridized carbons (Fsp3) is 0.474. The number of nitriles is 1. The van der Waals surface area contributed by atoms with Gasteiger partial charge in [0.05, 0.1) is 19.2 Å². The summed E-state index contributed by atoms with van der Waals surface area (Å²) in [6, 6.07) is 5.41. The van der Waals surface area contributed by atoms with Gasteiger partial charge in [-0.25, -0.2) is 0 Å². The summed E-state index contributed by atoms with van der Waals surface area (Å²) in [7, 11) is 3.00. The number of nitrogens with zero attached hydrogens (tertiary/aromatic N) is 1. The SMILES string of the molecule is COc1cc(/C=C(\C#N)C(=O)N[C@@H]2CCCC[C@H]2C)cc(Cl)c1OC. The van der Waals surface area contributed by atoms with E-state index in [1.54, 1.807) is 12.1 Å². The van der Waals surface area contributed by atoms with Crippen molar-refractivity contribution >= 4 is 23.6 Å². The summed E-state index contributed by atoms with van der Waals surface area (Å²) < 4.78 is 10.4. The molecule has 6 heteroatoms. The maximum absolute atomic E-state index is 12.5. The average Bonchev–Trinajstić information content (AvgIpc) is 2.60. The summed E-state index contributed by atoms with van der Waals surface area (Å²) in [4.78, 5) is 12.5. The first-order chi connectivity index (χ1) is 12.0. The third-order valence-corrected chi connectivity index (χ3v) is 4.84. The average molecular weight is 363 g/mol. The third kappa shape index (κ3) is 4.67. The summed E-state index contributed by atoms with van der Waals surface area (Å²) >= 11 is 6.18. The first-order valence-electron chi connectivity index (χ1n) is 8.34. The van der Waals surface area contributed by atoms with Gasteiger partial charge in [0.15, 0.2) is 11.5 Å². The number of amides is 1. The molecule has 0 aromatic heterocycles. The summed E-state index contributed by atoms with van der Waals surface area (Å²) in [6.07, 6.45) is 5.86. The predicted octanol–water partition coefficient (Wildman–Crippen LogP) is 3.96. The Morgan fingerprint density at radius 2 is 2.04 bits per heavy atom. The van der Waals surface area contributed by atoms with Crippen molar-refractivity contribution in [2.75, 3.05) is 14.2 Å². The lowest BCUT2D eigenvalue weighted by molar-refractivity contribution is -0.118. The summed E-state index contributed by atoms with van der Waals surface area (Å²) in [5.74, 6) is 0.931. The monoisotopic (exact) mass is 362 g/mol. The Morgan fingerprint density at radius 1 is 1.32 bits per heavy atom. The maximum atomic E-state index is 12.5. The van der Waals surface area contributed by atoms with Crippen LogP contribution in [0.15, 0.2) is 17.7 Å². The zero-order chi connectivity index (χ0) is 18.4. The van der Waals surface area contributed by atoms with Gasteiger partial charge in [0.2, 0.25) is 0 Å². The van der Waals surface area contributed by atoms with Gasteiger partial charge in [-0.15, -0.1) is 0 Å². The quantitative estimate of drug-likeness (QED) is 0.635. The van der Waals surface area contributed by atoms with Gasteiger partial charge in [-0.3, -0.25) is 4.79 Å². The topological polar surface area (TPSA) is 71.3 Å². The second kappa shape index (κ2) is 8.77. The van der Waals surface area contributed by atoms with Crippen molar-refractivity contribution in [1.29, 1.82) is 5.26 Å². The molecule has 0 saturated heterocycles. The van der Waals surface area contributed by atoms with Crippen LogP contribution in [0.1, 0.15) is 38.2 Å². The number of carbonyl (C=O) groups excluding carboxylic acids is 1. The highest BCUT2D eigenvalue weighted by molar-refractivity contribution is 6.32. The molecule has 0 radical (unpaired) electrons. The molecule has 1 amide bonds. The van der Waals surface area contributed by atoms with Crippen molar-refractivity contribution in [3.63, 3.8) is 0 Å². The van der Waals surface area contributed by atoms with Crippen molar-refractivity contribution in [2.24, 2.45) is 5.92 Å². The first kappa shape index (κ1) is 19.1. The van der Waals surface area contributed by atoms with E-state index in [0.717, 1.165) is 19.3 Å². The molecule has 0 unspecified atom stereocenters. The first-order valence-corrected chi connectivity index (χ1v) is 8.72. The smallest absolute Gasteiger partial charge is 0.262 e. The van der Waals surface area contributed by atoms with Crippen LogP contribution in [0.3, 0.4) is 0 Å². The Kier molecular flexibility index (Phi) is 6.72. The van der Waals surface area contributed by atoms with E-state index in [-0.39, 0.29) is 17.5 Å². The Morgan fingerprint density at radius 3 is 2.64 bits per heavy atom. The molecule has 2 rings (SSSR count). The molecule has 0 spiro atoms. The van der Waals surface area contributed by atoms with E-state index in [9.17, 15) is 10.1 Å². The summed E-state index contributed by atoms with van der Waals surface area (Å²) in [5, 5.41) is 12.7. The molecule has 2 atom stereocenters. The van der Waals surface area contributed by atoms with E-state index < -0.39 is 0 Å². The highest BCUT2D eigenvalue weighted by Crippen LogP contribution is 2.36. The number of benzene rings is 1. The van der Waals surface area contributed by atoms with Crippen LogP contribution >= 0.6 is 11.6 Å². The minimum atomic E-state index is -0.354. The number of carbonyl (C=O) groups is 1. The number of rotatable bonds is 5. The van der Waals surface area contributed by atoms with Crippen LogP contribution in [0.4, 0.5) is 0 Å². The number of ether oxygens (including phenoxy) is 2. The molecule has 1 fully saturated rings. The molecule has 1 aliphatic carbocycles. The molecule has 1 saturated carbocycles. The highest BCUT2D eigenvalue weighted by atomic mass is 35.5. The van der Waals surface area contributed by atoms with Crippen molar-refractivity contribution in [2.45, 2.75) is 38.6 Å². The van der Waals surface area contributed by atoms with Crippen LogP contribution in [-0.4, -0.2) is 26.2 Å². The van der Waals surface area contributed by atoms with E-state index in [2.05, 4.69) is 12.2 Å². The minimum Gasteiger partial charge on any atom is -0.493 e. The zero-order valence-corrected chi connectivity index (χ0v) is 15.5. The molecular formula is C19H23ClN2O3. The molecule has 5 nitrogen and oxygen atoms in total. The van der Waals surface area contributed by atoms with Gasteiger partial charge in [0.1, 0.15) is 11.6 Å². The van der Waals surface area contributed by atoms with Gasteiger partial charge >= 0.3 is 0 Å². The van der Waals surface area contributed by atoms with Crippen LogP contribution in [0, 0.1) is 17.2 Å².